The molecule has 1 heterocycles. The first-order valence-corrected chi connectivity index (χ1v) is 8.49. The van der Waals surface area contributed by atoms with Crippen molar-refractivity contribution in [1.82, 2.24) is 4.90 Å². The minimum Gasteiger partial charge on any atom is -0.301 e. The van der Waals surface area contributed by atoms with Gasteiger partial charge in [-0.3, -0.25) is 4.79 Å². The van der Waals surface area contributed by atoms with Crippen LogP contribution in [0.25, 0.3) is 0 Å². The average Bonchev–Trinajstić information content (AvgIpc) is 2.65. The standard InChI is InChI=1S/C17H24BrNO/c1-14-6-3-2-4-12-19(14)13-5-7-17(20)15-8-10-16(18)11-9-15/h8-11,14H,2-7,12-13H2,1H3. The zero-order chi connectivity index (χ0) is 14.4. The molecule has 1 aliphatic heterocycles. The molecule has 3 heteroatoms. The van der Waals surface area contributed by atoms with Crippen LogP contribution in [0, 0.1) is 0 Å². The Morgan fingerprint density at radius 3 is 2.75 bits per heavy atom. The van der Waals surface area contributed by atoms with Crippen molar-refractivity contribution in [2.45, 2.75) is 51.5 Å². The van der Waals surface area contributed by atoms with Crippen molar-refractivity contribution < 1.29 is 4.79 Å². The second-order valence-corrected chi connectivity index (χ2v) is 6.68. The van der Waals surface area contributed by atoms with Crippen LogP contribution in [0.3, 0.4) is 0 Å². The third-order valence-corrected chi connectivity index (χ3v) is 4.73. The van der Waals surface area contributed by atoms with Gasteiger partial charge in [-0.15, -0.1) is 0 Å². The van der Waals surface area contributed by atoms with Crippen molar-refractivity contribution in [3.63, 3.8) is 0 Å². The van der Waals surface area contributed by atoms with E-state index in [1.54, 1.807) is 0 Å². The lowest BCUT2D eigenvalue weighted by molar-refractivity contribution is 0.0971. The average molecular weight is 338 g/mol. The number of nitrogens with zero attached hydrogens (tertiary/aromatic N) is 1. The first kappa shape index (κ1) is 15.7. The van der Waals surface area contributed by atoms with Gasteiger partial charge in [-0.05, 0) is 51.4 Å². The summed E-state index contributed by atoms with van der Waals surface area (Å²) in [4.78, 5) is 14.7. The predicted molar refractivity (Wildman–Crippen MR) is 87.2 cm³/mol. The van der Waals surface area contributed by atoms with Crippen molar-refractivity contribution in [1.29, 1.82) is 0 Å². The normalized spacial score (nSPS) is 20.6. The fourth-order valence-corrected chi connectivity index (χ4v) is 3.15. The highest BCUT2D eigenvalue weighted by molar-refractivity contribution is 9.10. The topological polar surface area (TPSA) is 20.3 Å². The Labute approximate surface area is 130 Å². The molecule has 1 aliphatic rings. The van der Waals surface area contributed by atoms with Crippen molar-refractivity contribution in [2.75, 3.05) is 13.1 Å². The van der Waals surface area contributed by atoms with Crippen molar-refractivity contribution in [3.8, 4) is 0 Å². The Hall–Kier alpha value is -0.670. The van der Waals surface area contributed by atoms with Crippen LogP contribution in [0.1, 0.15) is 55.8 Å². The summed E-state index contributed by atoms with van der Waals surface area (Å²) in [5.74, 6) is 0.264. The molecular weight excluding hydrogens is 314 g/mol. The predicted octanol–water partition coefficient (Wildman–Crippen LogP) is 4.68. The summed E-state index contributed by atoms with van der Waals surface area (Å²) in [5.41, 5.74) is 0.831. The summed E-state index contributed by atoms with van der Waals surface area (Å²) in [6.07, 6.45) is 6.96. The maximum atomic E-state index is 12.1. The lowest BCUT2D eigenvalue weighted by Crippen LogP contribution is -2.33. The van der Waals surface area contributed by atoms with E-state index in [0.29, 0.717) is 12.5 Å². The van der Waals surface area contributed by atoms with Crippen molar-refractivity contribution >= 4 is 21.7 Å². The lowest BCUT2D eigenvalue weighted by Gasteiger charge is -2.26. The number of halogens is 1. The highest BCUT2D eigenvalue weighted by atomic mass is 79.9. The van der Waals surface area contributed by atoms with E-state index in [4.69, 9.17) is 0 Å². The lowest BCUT2D eigenvalue weighted by atomic mass is 10.1. The van der Waals surface area contributed by atoms with E-state index < -0.39 is 0 Å². The smallest absolute Gasteiger partial charge is 0.162 e. The van der Waals surface area contributed by atoms with E-state index in [-0.39, 0.29) is 5.78 Å². The summed E-state index contributed by atoms with van der Waals surface area (Å²) in [6.45, 7) is 4.58. The van der Waals surface area contributed by atoms with Gasteiger partial charge in [0.25, 0.3) is 0 Å². The number of carbonyl (C=O) groups is 1. The molecule has 0 spiro atoms. The second kappa shape index (κ2) is 7.94. The van der Waals surface area contributed by atoms with Gasteiger partial charge in [0.1, 0.15) is 0 Å². The molecule has 0 aliphatic carbocycles. The fraction of sp³-hybridized carbons (Fsp3) is 0.588. The molecule has 0 saturated carbocycles. The molecule has 110 valence electrons. The van der Waals surface area contributed by atoms with Crippen LogP contribution in [-0.2, 0) is 0 Å². The molecule has 1 aromatic rings. The van der Waals surface area contributed by atoms with Crippen LogP contribution in [0.5, 0.6) is 0 Å². The first-order chi connectivity index (χ1) is 9.66. The minimum absolute atomic E-state index is 0.264. The van der Waals surface area contributed by atoms with Gasteiger partial charge >= 0.3 is 0 Å². The summed E-state index contributed by atoms with van der Waals surface area (Å²) >= 11 is 3.40. The van der Waals surface area contributed by atoms with E-state index in [0.717, 1.165) is 23.0 Å². The Morgan fingerprint density at radius 1 is 1.25 bits per heavy atom. The number of hydrogen-bond acceptors (Lipinski definition) is 2. The summed E-state index contributed by atoms with van der Waals surface area (Å²) in [5, 5.41) is 0. The van der Waals surface area contributed by atoms with Crippen LogP contribution in [0.4, 0.5) is 0 Å². The zero-order valence-corrected chi connectivity index (χ0v) is 13.9. The van der Waals surface area contributed by atoms with E-state index >= 15 is 0 Å². The van der Waals surface area contributed by atoms with Gasteiger partial charge < -0.3 is 4.90 Å². The summed E-state index contributed by atoms with van der Waals surface area (Å²) in [6, 6.07) is 8.36. The highest BCUT2D eigenvalue weighted by Crippen LogP contribution is 2.17. The highest BCUT2D eigenvalue weighted by Gasteiger charge is 2.16. The van der Waals surface area contributed by atoms with Gasteiger partial charge in [0, 0.05) is 22.5 Å². The Balaban J connectivity index is 1.77. The quantitative estimate of drug-likeness (QED) is 0.727. The van der Waals surface area contributed by atoms with Gasteiger partial charge in [0.2, 0.25) is 0 Å². The minimum atomic E-state index is 0.264. The number of Topliss-reactive ketones (excluding diaryl/α,β-unsaturated/α-hetero) is 1. The summed E-state index contributed by atoms with van der Waals surface area (Å²) < 4.78 is 1.02. The fourth-order valence-electron chi connectivity index (χ4n) is 2.89. The molecular formula is C17H24BrNO. The molecule has 0 bridgehead atoms. The molecule has 0 N–H and O–H groups in total. The van der Waals surface area contributed by atoms with Crippen LogP contribution >= 0.6 is 15.9 Å². The molecule has 20 heavy (non-hydrogen) atoms. The van der Waals surface area contributed by atoms with Gasteiger partial charge in [-0.2, -0.15) is 0 Å². The van der Waals surface area contributed by atoms with Gasteiger partial charge in [-0.25, -0.2) is 0 Å². The molecule has 0 aromatic heterocycles. The van der Waals surface area contributed by atoms with Gasteiger partial charge in [-0.1, -0.05) is 40.9 Å². The van der Waals surface area contributed by atoms with Crippen LogP contribution in [0.2, 0.25) is 0 Å². The van der Waals surface area contributed by atoms with Gasteiger partial charge in [0.05, 0.1) is 0 Å². The Kier molecular flexibility index (Phi) is 6.24. The third kappa shape index (κ3) is 4.71. The number of benzene rings is 1. The van der Waals surface area contributed by atoms with Crippen LogP contribution in [-0.4, -0.2) is 29.8 Å². The molecule has 2 nitrogen and oxygen atoms in total. The van der Waals surface area contributed by atoms with E-state index in [2.05, 4.69) is 27.8 Å². The van der Waals surface area contributed by atoms with Crippen molar-refractivity contribution in [3.05, 3.63) is 34.3 Å². The molecule has 1 saturated heterocycles. The Morgan fingerprint density at radius 2 is 2.00 bits per heavy atom. The number of rotatable bonds is 5. The Bertz CT molecular complexity index is 429. The number of carbonyl (C=O) groups excluding carboxylic acids is 1. The zero-order valence-electron chi connectivity index (χ0n) is 12.3. The van der Waals surface area contributed by atoms with E-state index in [1.807, 2.05) is 24.3 Å². The van der Waals surface area contributed by atoms with Crippen LogP contribution in [0.15, 0.2) is 28.7 Å². The van der Waals surface area contributed by atoms with Gasteiger partial charge in [0.15, 0.2) is 5.78 Å². The molecule has 1 aromatic carbocycles. The molecule has 2 rings (SSSR count). The van der Waals surface area contributed by atoms with E-state index in [9.17, 15) is 4.79 Å². The molecule has 1 fully saturated rings. The maximum absolute atomic E-state index is 12.1. The third-order valence-electron chi connectivity index (χ3n) is 4.21. The SMILES string of the molecule is CC1CCCCCN1CCCC(=O)c1ccc(Br)cc1. The second-order valence-electron chi connectivity index (χ2n) is 5.77. The molecule has 1 unspecified atom stereocenters. The monoisotopic (exact) mass is 337 g/mol. The molecule has 0 radical (unpaired) electrons. The largest absolute Gasteiger partial charge is 0.301 e. The molecule has 1 atom stereocenters. The first-order valence-electron chi connectivity index (χ1n) is 7.69. The van der Waals surface area contributed by atoms with Crippen molar-refractivity contribution in [2.24, 2.45) is 0 Å². The number of hydrogen-bond donors (Lipinski definition) is 0. The summed E-state index contributed by atoms with van der Waals surface area (Å²) in [7, 11) is 0. The molecule has 0 amide bonds. The van der Waals surface area contributed by atoms with E-state index in [1.165, 1.54) is 32.2 Å². The number of ketones is 1. The van der Waals surface area contributed by atoms with Crippen LogP contribution < -0.4 is 0 Å². The number of likely N-dealkylation sites (tertiary alicyclic amines) is 1. The maximum Gasteiger partial charge on any atom is 0.162 e.